The SMILES string of the molecule is CCc1cc(C=O)ccc1N1CCCC1. The van der Waals surface area contributed by atoms with Gasteiger partial charge in [-0.25, -0.2) is 0 Å². The van der Waals surface area contributed by atoms with Crippen LogP contribution in [-0.4, -0.2) is 19.4 Å². The maximum Gasteiger partial charge on any atom is 0.150 e. The number of anilines is 1. The number of carbonyl (C=O) groups is 1. The standard InChI is InChI=1S/C13H17NO/c1-2-12-9-11(10-15)5-6-13(12)14-7-3-4-8-14/h5-6,9-10H,2-4,7-8H2,1H3. The minimum Gasteiger partial charge on any atom is -0.371 e. The number of hydrogen-bond acceptors (Lipinski definition) is 2. The normalized spacial score (nSPS) is 15.7. The Morgan fingerprint density at radius 3 is 2.67 bits per heavy atom. The first kappa shape index (κ1) is 10.2. The monoisotopic (exact) mass is 203 g/mol. The zero-order valence-electron chi connectivity index (χ0n) is 9.20. The molecule has 1 saturated heterocycles. The fourth-order valence-corrected chi connectivity index (χ4v) is 2.23. The molecule has 0 atom stereocenters. The smallest absolute Gasteiger partial charge is 0.150 e. The van der Waals surface area contributed by atoms with Crippen LogP contribution in [0.25, 0.3) is 0 Å². The van der Waals surface area contributed by atoms with Gasteiger partial charge in [-0.1, -0.05) is 6.92 Å². The number of aryl methyl sites for hydroxylation is 1. The fraction of sp³-hybridized carbons (Fsp3) is 0.462. The molecule has 0 saturated carbocycles. The molecule has 0 bridgehead atoms. The molecule has 0 amide bonds. The van der Waals surface area contributed by atoms with E-state index in [4.69, 9.17) is 0 Å². The Labute approximate surface area is 90.9 Å². The van der Waals surface area contributed by atoms with Gasteiger partial charge >= 0.3 is 0 Å². The second-order valence-corrected chi connectivity index (χ2v) is 4.05. The first-order valence-corrected chi connectivity index (χ1v) is 5.68. The highest BCUT2D eigenvalue weighted by atomic mass is 16.1. The van der Waals surface area contributed by atoms with Gasteiger partial charge in [-0.2, -0.15) is 0 Å². The van der Waals surface area contributed by atoms with Crippen molar-refractivity contribution in [2.75, 3.05) is 18.0 Å². The van der Waals surface area contributed by atoms with Crippen molar-refractivity contribution in [1.82, 2.24) is 0 Å². The van der Waals surface area contributed by atoms with Crippen LogP contribution < -0.4 is 4.90 Å². The van der Waals surface area contributed by atoms with Crippen LogP contribution >= 0.6 is 0 Å². The molecule has 1 aromatic rings. The quantitative estimate of drug-likeness (QED) is 0.704. The van der Waals surface area contributed by atoms with Crippen molar-refractivity contribution >= 4 is 12.0 Å². The van der Waals surface area contributed by atoms with E-state index in [2.05, 4.69) is 17.9 Å². The zero-order chi connectivity index (χ0) is 10.7. The summed E-state index contributed by atoms with van der Waals surface area (Å²) in [5, 5.41) is 0. The maximum absolute atomic E-state index is 10.7. The topological polar surface area (TPSA) is 20.3 Å². The molecule has 0 aliphatic carbocycles. The zero-order valence-corrected chi connectivity index (χ0v) is 9.20. The van der Waals surface area contributed by atoms with Crippen molar-refractivity contribution in [3.63, 3.8) is 0 Å². The molecule has 1 aliphatic heterocycles. The minimum atomic E-state index is 0.787. The predicted molar refractivity (Wildman–Crippen MR) is 62.7 cm³/mol. The Morgan fingerprint density at radius 2 is 2.07 bits per heavy atom. The molecule has 15 heavy (non-hydrogen) atoms. The maximum atomic E-state index is 10.7. The third-order valence-electron chi connectivity index (χ3n) is 3.07. The Balaban J connectivity index is 2.33. The van der Waals surface area contributed by atoms with Crippen LogP contribution in [-0.2, 0) is 6.42 Å². The molecule has 80 valence electrons. The number of rotatable bonds is 3. The van der Waals surface area contributed by atoms with Crippen LogP contribution in [0.1, 0.15) is 35.7 Å². The first-order chi connectivity index (χ1) is 7.35. The summed E-state index contributed by atoms with van der Waals surface area (Å²) in [7, 11) is 0. The van der Waals surface area contributed by atoms with Crippen molar-refractivity contribution in [3.05, 3.63) is 29.3 Å². The Kier molecular flexibility index (Phi) is 3.05. The lowest BCUT2D eigenvalue weighted by Crippen LogP contribution is -2.19. The summed E-state index contributed by atoms with van der Waals surface area (Å²) >= 11 is 0. The van der Waals surface area contributed by atoms with Crippen molar-refractivity contribution in [2.45, 2.75) is 26.2 Å². The van der Waals surface area contributed by atoms with Gasteiger partial charge in [-0.15, -0.1) is 0 Å². The van der Waals surface area contributed by atoms with Gasteiger partial charge in [0, 0.05) is 24.3 Å². The van der Waals surface area contributed by atoms with E-state index >= 15 is 0 Å². The molecule has 1 aliphatic rings. The molecule has 1 fully saturated rings. The van der Waals surface area contributed by atoms with Gasteiger partial charge in [-0.05, 0) is 43.0 Å². The second-order valence-electron chi connectivity index (χ2n) is 4.05. The highest BCUT2D eigenvalue weighted by molar-refractivity contribution is 5.77. The van der Waals surface area contributed by atoms with Crippen molar-refractivity contribution in [2.24, 2.45) is 0 Å². The van der Waals surface area contributed by atoms with Crippen LogP contribution in [0.2, 0.25) is 0 Å². The number of benzene rings is 1. The summed E-state index contributed by atoms with van der Waals surface area (Å²) in [5.41, 5.74) is 3.40. The van der Waals surface area contributed by atoms with Gasteiger partial charge in [0.05, 0.1) is 0 Å². The largest absolute Gasteiger partial charge is 0.371 e. The second kappa shape index (κ2) is 4.47. The minimum absolute atomic E-state index is 0.787. The molecule has 1 heterocycles. The van der Waals surface area contributed by atoms with E-state index in [1.165, 1.54) is 24.1 Å². The van der Waals surface area contributed by atoms with E-state index in [0.29, 0.717) is 0 Å². The van der Waals surface area contributed by atoms with Crippen LogP contribution in [0.5, 0.6) is 0 Å². The van der Waals surface area contributed by atoms with Crippen LogP contribution in [0.15, 0.2) is 18.2 Å². The fourth-order valence-electron chi connectivity index (χ4n) is 2.23. The average molecular weight is 203 g/mol. The Morgan fingerprint density at radius 1 is 1.33 bits per heavy atom. The van der Waals surface area contributed by atoms with E-state index in [1.54, 1.807) is 0 Å². The molecular weight excluding hydrogens is 186 g/mol. The summed E-state index contributed by atoms with van der Waals surface area (Å²) in [6.45, 7) is 4.46. The van der Waals surface area contributed by atoms with Gasteiger partial charge < -0.3 is 4.90 Å². The molecule has 0 unspecified atom stereocenters. The lowest BCUT2D eigenvalue weighted by molar-refractivity contribution is 0.112. The van der Waals surface area contributed by atoms with Gasteiger partial charge in [0.25, 0.3) is 0 Å². The lowest BCUT2D eigenvalue weighted by Gasteiger charge is -2.21. The molecule has 2 rings (SSSR count). The predicted octanol–water partition coefficient (Wildman–Crippen LogP) is 2.66. The van der Waals surface area contributed by atoms with Gasteiger partial charge in [0.2, 0.25) is 0 Å². The first-order valence-electron chi connectivity index (χ1n) is 5.68. The molecule has 1 aromatic carbocycles. The summed E-state index contributed by atoms with van der Waals surface area (Å²) in [5.74, 6) is 0. The highest BCUT2D eigenvalue weighted by Crippen LogP contribution is 2.25. The molecule has 0 aromatic heterocycles. The molecular formula is C13H17NO. The van der Waals surface area contributed by atoms with Crippen molar-refractivity contribution in [3.8, 4) is 0 Å². The van der Waals surface area contributed by atoms with Gasteiger partial charge in [0.15, 0.2) is 0 Å². The number of aldehydes is 1. The van der Waals surface area contributed by atoms with Crippen LogP contribution in [0.4, 0.5) is 5.69 Å². The molecule has 0 N–H and O–H groups in total. The Hall–Kier alpha value is -1.31. The molecule has 2 heteroatoms. The van der Waals surface area contributed by atoms with Gasteiger partial charge in [0.1, 0.15) is 6.29 Å². The van der Waals surface area contributed by atoms with Gasteiger partial charge in [-0.3, -0.25) is 4.79 Å². The summed E-state index contributed by atoms with van der Waals surface area (Å²) < 4.78 is 0. The Bertz CT molecular complexity index is 354. The third-order valence-corrected chi connectivity index (χ3v) is 3.07. The van der Waals surface area contributed by atoms with E-state index in [0.717, 1.165) is 31.4 Å². The summed E-state index contributed by atoms with van der Waals surface area (Å²) in [6.07, 6.45) is 4.50. The summed E-state index contributed by atoms with van der Waals surface area (Å²) in [4.78, 5) is 13.1. The van der Waals surface area contributed by atoms with Crippen molar-refractivity contribution in [1.29, 1.82) is 0 Å². The number of carbonyl (C=O) groups excluding carboxylic acids is 1. The number of nitrogens with zero attached hydrogens (tertiary/aromatic N) is 1. The van der Waals surface area contributed by atoms with E-state index in [1.807, 2.05) is 12.1 Å². The highest BCUT2D eigenvalue weighted by Gasteiger charge is 2.14. The number of hydrogen-bond donors (Lipinski definition) is 0. The van der Waals surface area contributed by atoms with E-state index < -0.39 is 0 Å². The van der Waals surface area contributed by atoms with Crippen molar-refractivity contribution < 1.29 is 4.79 Å². The van der Waals surface area contributed by atoms with E-state index in [-0.39, 0.29) is 0 Å². The third kappa shape index (κ3) is 2.04. The lowest BCUT2D eigenvalue weighted by atomic mass is 10.1. The molecule has 0 spiro atoms. The van der Waals surface area contributed by atoms with Crippen LogP contribution in [0.3, 0.4) is 0 Å². The van der Waals surface area contributed by atoms with Crippen LogP contribution in [0, 0.1) is 0 Å². The van der Waals surface area contributed by atoms with E-state index in [9.17, 15) is 4.79 Å². The average Bonchev–Trinajstić information content (AvgIpc) is 2.81. The molecule has 2 nitrogen and oxygen atoms in total. The summed E-state index contributed by atoms with van der Waals surface area (Å²) in [6, 6.07) is 6.02. The molecule has 0 radical (unpaired) electrons.